The zero-order valence-electron chi connectivity index (χ0n) is 27.4. The Hall–Kier alpha value is -3.75. The van der Waals surface area contributed by atoms with Gasteiger partial charge >= 0.3 is 6.09 Å². The average molecular weight is 649 g/mol. The molecule has 1 saturated carbocycles. The number of alkyl carbamates (subject to hydrolysis) is 1. The van der Waals surface area contributed by atoms with Gasteiger partial charge in [-0.15, -0.1) is 0 Å². The minimum atomic E-state index is -1.38. The van der Waals surface area contributed by atoms with Gasteiger partial charge in [0.15, 0.2) is 5.67 Å². The molecule has 9 nitrogen and oxygen atoms in total. The molecule has 3 heterocycles. The van der Waals surface area contributed by atoms with Crippen LogP contribution in [0.15, 0.2) is 42.5 Å². The molecular weight excluding hydrogens is 602 g/mol. The highest BCUT2D eigenvalue weighted by Crippen LogP contribution is 2.51. The number of nitrogens with one attached hydrogen (secondary N) is 2. The van der Waals surface area contributed by atoms with E-state index in [0.29, 0.717) is 6.54 Å². The third-order valence-corrected chi connectivity index (χ3v) is 11.2. The van der Waals surface area contributed by atoms with E-state index in [1.165, 1.54) is 20.2 Å². The molecule has 2 aromatic rings. The zero-order chi connectivity index (χ0) is 33.2. The van der Waals surface area contributed by atoms with Crippen molar-refractivity contribution in [2.45, 2.75) is 55.7 Å². The number of hydrogen-bond acceptors (Lipinski definition) is 7. The van der Waals surface area contributed by atoms with Crippen LogP contribution < -0.4 is 15.5 Å². The Bertz CT molecular complexity index is 1500. The first-order valence-electron chi connectivity index (χ1n) is 16.9. The standard InChI is InChI=1S/C36H46F2N6O3/c1-40-33(45)30-19-29(11-10-25(30)20-39)44-22-35(38,23-44)21-43-16-12-26(13-17-43)36(24-42-14-5-15-42,27-6-3-7-28(37)18-27)31-8-4-9-32(31)41-34(46)47-2/h3,6-7,10-11,18-19,26,31-32H,4-5,8-9,12-17,21-24H2,1-2H3,(H,40,45)(H,41,46)/t31-,32-,36?/m0/s1. The summed E-state index contributed by atoms with van der Waals surface area (Å²) in [5, 5.41) is 15.1. The van der Waals surface area contributed by atoms with Crippen molar-refractivity contribution >= 4 is 17.7 Å². The molecule has 1 unspecified atom stereocenters. The highest BCUT2D eigenvalue weighted by atomic mass is 19.1. The smallest absolute Gasteiger partial charge is 0.407 e. The number of nitrogens with zero attached hydrogens (tertiary/aromatic N) is 4. The predicted molar refractivity (Wildman–Crippen MR) is 176 cm³/mol. The first-order chi connectivity index (χ1) is 22.7. The number of carbonyl (C=O) groups is 2. The van der Waals surface area contributed by atoms with E-state index in [4.69, 9.17) is 4.74 Å². The summed E-state index contributed by atoms with van der Waals surface area (Å²) in [6, 6.07) is 14.1. The van der Waals surface area contributed by atoms with Gasteiger partial charge in [0.1, 0.15) is 5.82 Å². The SMILES string of the molecule is CNC(=O)c1cc(N2CC(F)(CN3CCC(C(CN4CCC4)(c4cccc(F)c4)[C@H]4CCC[C@@H]4NC(=O)OC)CC3)C2)ccc1C#N. The van der Waals surface area contributed by atoms with Crippen LogP contribution in [-0.2, 0) is 10.2 Å². The van der Waals surface area contributed by atoms with E-state index in [1.54, 1.807) is 24.3 Å². The molecule has 4 aliphatic rings. The van der Waals surface area contributed by atoms with Crippen LogP contribution in [-0.4, -0.2) is 100 Å². The molecule has 2 N–H and O–H groups in total. The van der Waals surface area contributed by atoms with E-state index in [-0.39, 0.29) is 59.2 Å². The summed E-state index contributed by atoms with van der Waals surface area (Å²) >= 11 is 0. The first kappa shape index (κ1) is 33.2. The molecule has 3 saturated heterocycles. The quantitative estimate of drug-likeness (QED) is 0.392. The van der Waals surface area contributed by atoms with Crippen LogP contribution in [0.25, 0.3) is 0 Å². The van der Waals surface area contributed by atoms with Crippen LogP contribution in [0.2, 0.25) is 0 Å². The molecule has 252 valence electrons. The number of benzene rings is 2. The number of hydrogen-bond donors (Lipinski definition) is 2. The van der Waals surface area contributed by atoms with Gasteiger partial charge in [-0.05, 0) is 106 Å². The lowest BCUT2D eigenvalue weighted by Gasteiger charge is -2.54. The van der Waals surface area contributed by atoms with Crippen molar-refractivity contribution < 1.29 is 23.1 Å². The summed E-state index contributed by atoms with van der Waals surface area (Å²) in [5.74, 6) is -0.226. The lowest BCUT2D eigenvalue weighted by molar-refractivity contribution is 0.00584. The fourth-order valence-electron chi connectivity index (χ4n) is 8.81. The average Bonchev–Trinajstić information content (AvgIpc) is 3.51. The minimum absolute atomic E-state index is 0.0637. The number of carbonyl (C=O) groups excluding carboxylic acids is 2. The van der Waals surface area contributed by atoms with Gasteiger partial charge in [-0.25, -0.2) is 13.6 Å². The summed E-state index contributed by atoms with van der Waals surface area (Å²) in [5.41, 5.74) is 0.559. The van der Waals surface area contributed by atoms with Crippen molar-refractivity contribution in [3.8, 4) is 6.07 Å². The maximum Gasteiger partial charge on any atom is 0.407 e. The molecule has 1 aliphatic carbocycles. The minimum Gasteiger partial charge on any atom is -0.453 e. The number of ether oxygens (including phenoxy) is 1. The second-order valence-electron chi connectivity index (χ2n) is 13.9. The second-order valence-corrected chi connectivity index (χ2v) is 13.9. The molecule has 4 fully saturated rings. The Balaban J connectivity index is 1.18. The number of alkyl halides is 1. The maximum absolute atomic E-state index is 16.1. The second kappa shape index (κ2) is 13.8. The van der Waals surface area contributed by atoms with Gasteiger partial charge in [-0.1, -0.05) is 18.6 Å². The molecule has 3 aliphatic heterocycles. The van der Waals surface area contributed by atoms with E-state index < -0.39 is 11.8 Å². The maximum atomic E-state index is 16.1. The number of methoxy groups -OCH3 is 1. The number of anilines is 1. The van der Waals surface area contributed by atoms with E-state index in [2.05, 4.69) is 32.6 Å². The van der Waals surface area contributed by atoms with E-state index >= 15 is 4.39 Å². The van der Waals surface area contributed by atoms with Crippen molar-refractivity contribution in [1.82, 2.24) is 20.4 Å². The fraction of sp³-hybridized carbons (Fsp3) is 0.583. The van der Waals surface area contributed by atoms with Crippen molar-refractivity contribution in [3.05, 3.63) is 65.0 Å². The van der Waals surface area contributed by atoms with Crippen molar-refractivity contribution in [3.63, 3.8) is 0 Å². The number of rotatable bonds is 10. The molecule has 0 spiro atoms. The van der Waals surface area contributed by atoms with E-state index in [0.717, 1.165) is 82.5 Å². The topological polar surface area (TPSA) is 101 Å². The molecule has 6 rings (SSSR count). The number of piperidine rings is 1. The Kier molecular flexibility index (Phi) is 9.72. The highest BCUT2D eigenvalue weighted by Gasteiger charge is 2.54. The van der Waals surface area contributed by atoms with Crippen molar-refractivity contribution in [2.75, 3.05) is 71.4 Å². The molecule has 2 amide bonds. The summed E-state index contributed by atoms with van der Waals surface area (Å²) in [4.78, 5) is 31.3. The number of likely N-dealkylation sites (tertiary alicyclic amines) is 2. The Morgan fingerprint density at radius 3 is 2.45 bits per heavy atom. The van der Waals surface area contributed by atoms with Crippen LogP contribution in [0.5, 0.6) is 0 Å². The summed E-state index contributed by atoms with van der Waals surface area (Å²) in [7, 11) is 2.91. The Morgan fingerprint density at radius 1 is 1.04 bits per heavy atom. The monoisotopic (exact) mass is 648 g/mol. The van der Waals surface area contributed by atoms with Crippen LogP contribution in [0.3, 0.4) is 0 Å². The lowest BCUT2D eigenvalue weighted by Crippen LogP contribution is -2.65. The van der Waals surface area contributed by atoms with Gasteiger partial charge in [-0.3, -0.25) is 9.69 Å². The van der Waals surface area contributed by atoms with Crippen LogP contribution >= 0.6 is 0 Å². The summed E-state index contributed by atoms with van der Waals surface area (Å²) in [6.07, 6.45) is 5.23. The Morgan fingerprint density at radius 2 is 1.81 bits per heavy atom. The summed E-state index contributed by atoms with van der Waals surface area (Å²) < 4.78 is 36.0. The van der Waals surface area contributed by atoms with E-state index in [9.17, 15) is 19.2 Å². The number of amides is 2. The number of nitriles is 1. The number of halogens is 2. The molecular formula is C36H46F2N6O3. The van der Waals surface area contributed by atoms with Crippen molar-refractivity contribution in [2.24, 2.45) is 11.8 Å². The van der Waals surface area contributed by atoms with Gasteiger partial charge in [-0.2, -0.15) is 5.26 Å². The third-order valence-electron chi connectivity index (χ3n) is 11.2. The molecule has 47 heavy (non-hydrogen) atoms. The molecule has 0 radical (unpaired) electrons. The molecule has 2 aromatic carbocycles. The lowest BCUT2D eigenvalue weighted by atomic mass is 9.57. The van der Waals surface area contributed by atoms with Gasteiger partial charge < -0.3 is 25.2 Å². The fourth-order valence-corrected chi connectivity index (χ4v) is 8.81. The molecule has 0 bridgehead atoms. The first-order valence-corrected chi connectivity index (χ1v) is 16.9. The van der Waals surface area contributed by atoms with Crippen LogP contribution in [0, 0.1) is 29.0 Å². The molecule has 3 atom stereocenters. The third kappa shape index (κ3) is 6.68. The normalized spacial score (nSPS) is 24.4. The van der Waals surface area contributed by atoms with E-state index in [1.807, 2.05) is 11.0 Å². The van der Waals surface area contributed by atoms with Gasteiger partial charge in [0, 0.05) is 37.3 Å². The van der Waals surface area contributed by atoms with Crippen LogP contribution in [0.4, 0.5) is 19.3 Å². The molecule has 0 aromatic heterocycles. The Labute approximate surface area is 276 Å². The van der Waals surface area contributed by atoms with Crippen LogP contribution in [0.1, 0.15) is 60.0 Å². The van der Waals surface area contributed by atoms with Gasteiger partial charge in [0.05, 0.1) is 37.4 Å². The summed E-state index contributed by atoms with van der Waals surface area (Å²) in [6.45, 7) is 5.10. The highest BCUT2D eigenvalue weighted by molar-refractivity contribution is 5.97. The van der Waals surface area contributed by atoms with Gasteiger partial charge in [0.25, 0.3) is 5.91 Å². The molecule has 11 heteroatoms. The predicted octanol–water partition coefficient (Wildman–Crippen LogP) is 4.47. The van der Waals surface area contributed by atoms with Gasteiger partial charge in [0.2, 0.25) is 0 Å². The zero-order valence-corrected chi connectivity index (χ0v) is 27.4. The largest absolute Gasteiger partial charge is 0.453 e. The van der Waals surface area contributed by atoms with Crippen molar-refractivity contribution in [1.29, 1.82) is 5.26 Å².